The van der Waals surface area contributed by atoms with E-state index in [2.05, 4.69) is 53.0 Å². The zero-order valence-electron chi connectivity index (χ0n) is 16.5. The first-order valence-corrected chi connectivity index (χ1v) is 10.4. The Morgan fingerprint density at radius 3 is 2.90 bits per heavy atom. The number of pyridine rings is 1. The number of likely N-dealkylation sites (N-methyl/N-ethyl adjacent to an activating group) is 1. The summed E-state index contributed by atoms with van der Waals surface area (Å²) in [6.45, 7) is 0.956. The summed E-state index contributed by atoms with van der Waals surface area (Å²) in [4.78, 5) is 24.2. The van der Waals surface area contributed by atoms with Gasteiger partial charge in [-0.2, -0.15) is 0 Å². The van der Waals surface area contributed by atoms with Gasteiger partial charge in [0.1, 0.15) is 0 Å². The van der Waals surface area contributed by atoms with Crippen molar-refractivity contribution in [3.63, 3.8) is 0 Å². The largest absolute Gasteiger partial charge is 0.418 e. The molecule has 3 N–H and O–H groups in total. The summed E-state index contributed by atoms with van der Waals surface area (Å²) in [6, 6.07) is 3.84. The molecular weight excluding hydrogens is 450 g/mol. The Hall–Kier alpha value is -2.85. The molecule has 2 aliphatic rings. The number of aromatic nitrogens is 5. The van der Waals surface area contributed by atoms with Crippen molar-refractivity contribution in [1.82, 2.24) is 30.0 Å². The minimum absolute atomic E-state index is 0.00101. The molecule has 10 heteroatoms. The van der Waals surface area contributed by atoms with E-state index in [0.717, 1.165) is 47.4 Å². The second kappa shape index (κ2) is 8.88. The molecular formula is C20H22BrN7O2. The lowest BCUT2D eigenvalue weighted by molar-refractivity contribution is 0.109. The van der Waals surface area contributed by atoms with Crippen molar-refractivity contribution in [3.05, 3.63) is 63.7 Å². The highest BCUT2D eigenvalue weighted by Gasteiger charge is 2.30. The fourth-order valence-electron chi connectivity index (χ4n) is 3.34. The maximum Gasteiger partial charge on any atom is 0.280 e. The number of aldehydes is 1. The van der Waals surface area contributed by atoms with Crippen molar-refractivity contribution >= 4 is 28.3 Å². The number of rotatable bonds is 4. The van der Waals surface area contributed by atoms with Crippen LogP contribution in [0.15, 0.2) is 39.2 Å². The van der Waals surface area contributed by atoms with Crippen LogP contribution in [0.25, 0.3) is 6.08 Å². The highest BCUT2D eigenvalue weighted by atomic mass is 79.9. The third-order valence-electron chi connectivity index (χ3n) is 5.06. The average Bonchev–Trinajstić information content (AvgIpc) is 3.29. The number of hydrogen-bond donors (Lipinski definition) is 2. The molecule has 9 nitrogen and oxygen atoms in total. The number of nitrogens with one attached hydrogen (secondary N) is 1. The van der Waals surface area contributed by atoms with Crippen molar-refractivity contribution in [1.29, 1.82) is 0 Å². The number of carbonyl (C=O) groups excluding carboxylic acids is 1. The number of nitrogens with zero attached hydrogens (tertiary/aromatic N) is 5. The molecule has 0 amide bonds. The highest BCUT2D eigenvalue weighted by Crippen LogP contribution is 2.38. The minimum atomic E-state index is -0.00101. The van der Waals surface area contributed by atoms with Gasteiger partial charge >= 0.3 is 0 Å². The summed E-state index contributed by atoms with van der Waals surface area (Å²) >= 11 is 3.49. The van der Waals surface area contributed by atoms with Gasteiger partial charge in [0.15, 0.2) is 0 Å². The average molecular weight is 472 g/mol. The number of nitrogens with two attached hydrogens (primary N) is 1. The van der Waals surface area contributed by atoms with Gasteiger partial charge in [0.2, 0.25) is 12.2 Å². The molecule has 1 atom stereocenters. The van der Waals surface area contributed by atoms with Gasteiger partial charge in [0.05, 0.1) is 23.8 Å². The van der Waals surface area contributed by atoms with Gasteiger partial charge in [-0.3, -0.25) is 14.7 Å². The molecule has 0 spiro atoms. The summed E-state index contributed by atoms with van der Waals surface area (Å²) in [5, 5.41) is 7.21. The lowest BCUT2D eigenvalue weighted by atomic mass is 10.00. The van der Waals surface area contributed by atoms with E-state index in [9.17, 15) is 4.79 Å². The van der Waals surface area contributed by atoms with Crippen LogP contribution >= 0.6 is 15.9 Å². The summed E-state index contributed by atoms with van der Waals surface area (Å²) in [5.74, 6) is 1.13. The van der Waals surface area contributed by atoms with E-state index < -0.39 is 0 Å². The fourth-order valence-corrected chi connectivity index (χ4v) is 3.71. The molecule has 30 heavy (non-hydrogen) atoms. The molecule has 1 unspecified atom stereocenters. The number of hydrogen-bond acceptors (Lipinski definition) is 8. The predicted molar refractivity (Wildman–Crippen MR) is 113 cm³/mol. The number of fused-ring (bicyclic) bond motifs is 1. The topological polar surface area (TPSA) is 127 Å². The SMILES string of the molecule is CN1CCc2[nH]cnc2C1/C(N)=C/c1ncccc1Br.O=Cc1nnc(C2CC2)o1. The van der Waals surface area contributed by atoms with Gasteiger partial charge in [-0.05, 0) is 54.0 Å². The molecule has 3 aromatic heterocycles. The maximum atomic E-state index is 10.1. The zero-order valence-corrected chi connectivity index (χ0v) is 18.0. The lowest BCUT2D eigenvalue weighted by Gasteiger charge is -2.31. The normalized spacial score (nSPS) is 19.0. The van der Waals surface area contributed by atoms with Crippen LogP contribution < -0.4 is 5.73 Å². The number of halogens is 1. The van der Waals surface area contributed by atoms with Gasteiger partial charge in [-0.25, -0.2) is 4.98 Å². The zero-order chi connectivity index (χ0) is 21.1. The third-order valence-corrected chi connectivity index (χ3v) is 5.73. The van der Waals surface area contributed by atoms with Crippen molar-refractivity contribution < 1.29 is 9.21 Å². The van der Waals surface area contributed by atoms with E-state index in [1.165, 1.54) is 5.69 Å². The van der Waals surface area contributed by atoms with Gasteiger partial charge < -0.3 is 15.1 Å². The van der Waals surface area contributed by atoms with Crippen LogP contribution in [0.3, 0.4) is 0 Å². The van der Waals surface area contributed by atoms with Crippen molar-refractivity contribution in [2.24, 2.45) is 5.73 Å². The van der Waals surface area contributed by atoms with E-state index in [1.54, 1.807) is 12.5 Å². The summed E-state index contributed by atoms with van der Waals surface area (Å²) in [5.41, 5.74) is 10.1. The Morgan fingerprint density at radius 1 is 1.37 bits per heavy atom. The van der Waals surface area contributed by atoms with Crippen molar-refractivity contribution in [2.75, 3.05) is 13.6 Å². The third kappa shape index (κ3) is 4.49. The summed E-state index contributed by atoms with van der Waals surface area (Å²) in [6.07, 6.45) is 9.17. The molecule has 0 aromatic carbocycles. The molecule has 1 saturated carbocycles. The van der Waals surface area contributed by atoms with Gasteiger partial charge in [0, 0.05) is 40.9 Å². The van der Waals surface area contributed by atoms with E-state index in [4.69, 9.17) is 10.2 Å². The Balaban J connectivity index is 0.000000181. The van der Waals surface area contributed by atoms with E-state index in [1.807, 2.05) is 18.2 Å². The number of carbonyl (C=O) groups is 1. The van der Waals surface area contributed by atoms with E-state index >= 15 is 0 Å². The molecule has 5 rings (SSSR count). The molecule has 3 aromatic rings. The first-order chi connectivity index (χ1) is 14.6. The number of aromatic amines is 1. The second-order valence-electron chi connectivity index (χ2n) is 7.28. The first kappa shape index (κ1) is 20.4. The minimum Gasteiger partial charge on any atom is -0.418 e. The molecule has 0 radical (unpaired) electrons. The van der Waals surface area contributed by atoms with Crippen LogP contribution in [-0.4, -0.2) is 49.9 Å². The fraction of sp³-hybridized carbons (Fsp3) is 0.350. The monoisotopic (exact) mass is 471 g/mol. The Morgan fingerprint density at radius 2 is 2.20 bits per heavy atom. The summed E-state index contributed by atoms with van der Waals surface area (Å²) in [7, 11) is 2.07. The molecule has 1 aliphatic carbocycles. The maximum absolute atomic E-state index is 10.1. The highest BCUT2D eigenvalue weighted by molar-refractivity contribution is 9.10. The Bertz CT molecular complexity index is 1060. The van der Waals surface area contributed by atoms with Gasteiger partial charge in [-0.1, -0.05) is 0 Å². The van der Waals surface area contributed by atoms with Crippen LogP contribution in [0.4, 0.5) is 0 Å². The van der Waals surface area contributed by atoms with Gasteiger partial charge in [0.25, 0.3) is 5.89 Å². The lowest BCUT2D eigenvalue weighted by Crippen LogP contribution is -2.35. The second-order valence-corrected chi connectivity index (χ2v) is 8.14. The Labute approximate surface area is 181 Å². The van der Waals surface area contributed by atoms with Crippen LogP contribution in [0.2, 0.25) is 0 Å². The smallest absolute Gasteiger partial charge is 0.280 e. The molecule has 1 aliphatic heterocycles. The number of H-pyrrole nitrogens is 1. The van der Waals surface area contributed by atoms with Crippen molar-refractivity contribution in [3.8, 4) is 0 Å². The first-order valence-electron chi connectivity index (χ1n) is 9.65. The van der Waals surface area contributed by atoms with E-state index in [0.29, 0.717) is 18.1 Å². The molecule has 1 fully saturated rings. The molecule has 4 heterocycles. The molecule has 0 saturated heterocycles. The molecule has 0 bridgehead atoms. The van der Waals surface area contributed by atoms with Crippen molar-refractivity contribution in [2.45, 2.75) is 31.2 Å². The standard InChI is InChI=1S/C14H16BrN5.C6H6N2O2/c1-20-6-4-11-13(19-8-18-11)14(20)10(16)7-12-9(15)3-2-5-17-12;9-3-5-7-8-6(10-5)4-1-2-4/h2-3,5,7-8,14H,4,6,16H2,1H3,(H,18,19);3-4H,1-2H2/b10-7-;. The van der Waals surface area contributed by atoms with Crippen LogP contribution in [-0.2, 0) is 6.42 Å². The Kier molecular flexibility index (Phi) is 6.05. The van der Waals surface area contributed by atoms with E-state index in [-0.39, 0.29) is 11.9 Å². The van der Waals surface area contributed by atoms with Crippen LogP contribution in [0, 0.1) is 0 Å². The number of imidazole rings is 1. The van der Waals surface area contributed by atoms with Crippen LogP contribution in [0.5, 0.6) is 0 Å². The van der Waals surface area contributed by atoms with Crippen LogP contribution in [0.1, 0.15) is 58.5 Å². The van der Waals surface area contributed by atoms with Gasteiger partial charge in [-0.15, -0.1) is 10.2 Å². The quantitative estimate of drug-likeness (QED) is 0.555. The predicted octanol–water partition coefficient (Wildman–Crippen LogP) is 2.86. The molecule has 156 valence electrons. The summed E-state index contributed by atoms with van der Waals surface area (Å²) < 4.78 is 5.90.